The number of benzene rings is 2. The minimum Gasteiger partial charge on any atom is -0.491 e. The molecule has 2 N–H and O–H groups in total. The van der Waals surface area contributed by atoms with Crippen molar-refractivity contribution in [3.8, 4) is 5.75 Å². The van der Waals surface area contributed by atoms with Gasteiger partial charge in [0, 0.05) is 29.7 Å². The molecule has 0 bridgehead atoms. The lowest BCUT2D eigenvalue weighted by Crippen LogP contribution is -2.16. The Morgan fingerprint density at radius 3 is 2.16 bits per heavy atom. The molecule has 1 amide bonds. The van der Waals surface area contributed by atoms with Crippen LogP contribution in [0.5, 0.6) is 5.75 Å². The molecule has 0 aliphatic carbocycles. The van der Waals surface area contributed by atoms with Gasteiger partial charge in [-0.3, -0.25) is 4.79 Å². The molecule has 0 saturated carbocycles. The Balaban J connectivity index is 1.64. The van der Waals surface area contributed by atoms with Crippen LogP contribution in [0, 0.1) is 13.8 Å². The molecule has 0 unspecified atom stereocenters. The number of anilines is 2. The number of carbonyl (C=O) groups excluding carboxylic acids is 1. The van der Waals surface area contributed by atoms with Crippen LogP contribution in [0.15, 0.2) is 59.5 Å². The van der Waals surface area contributed by atoms with E-state index < -0.39 is 10.0 Å². The molecule has 0 atom stereocenters. The number of nitrogens with one attached hydrogen (secondary N) is 2. The van der Waals surface area contributed by atoms with Gasteiger partial charge in [-0.2, -0.15) is 0 Å². The Morgan fingerprint density at radius 2 is 1.56 bits per heavy atom. The van der Waals surface area contributed by atoms with Gasteiger partial charge in [-0.25, -0.2) is 23.1 Å². The van der Waals surface area contributed by atoms with Gasteiger partial charge in [0.15, 0.2) is 0 Å². The van der Waals surface area contributed by atoms with Crippen LogP contribution in [-0.2, 0) is 14.8 Å². The van der Waals surface area contributed by atoms with Crippen molar-refractivity contribution in [3.05, 3.63) is 71.5 Å². The molecule has 168 valence electrons. The number of hydrogen-bond donors (Lipinski definition) is 2. The summed E-state index contributed by atoms with van der Waals surface area (Å²) in [5, 5.41) is 2.73. The minimum atomic E-state index is -3.87. The second kappa shape index (κ2) is 10.2. The first-order valence-corrected chi connectivity index (χ1v) is 11.2. The maximum atomic E-state index is 12.6. The highest BCUT2D eigenvalue weighted by Gasteiger charge is 2.16. The number of carbonyl (C=O) groups is 1. The molecule has 0 aliphatic rings. The molecule has 10 heteroatoms. The highest BCUT2D eigenvalue weighted by Crippen LogP contribution is 2.18. The second-order valence-corrected chi connectivity index (χ2v) is 8.61. The standard InChI is InChI=1S/C22H24N4O5S/c1-15-14-16(2)24-22(23-15)26-32(28,29)20-10-6-18(7-11-20)25-21(27)17-4-8-19(9-5-17)31-13-12-30-3/h4-11,14H,12-13H2,1-3H3,(H,25,27)(H,23,24,26). The number of nitrogens with zero attached hydrogens (tertiary/aromatic N) is 2. The van der Waals surface area contributed by atoms with Gasteiger partial charge in [0.2, 0.25) is 5.95 Å². The lowest BCUT2D eigenvalue weighted by molar-refractivity contribution is 0.102. The number of aromatic nitrogens is 2. The van der Waals surface area contributed by atoms with Crippen molar-refractivity contribution in [3.63, 3.8) is 0 Å². The maximum Gasteiger partial charge on any atom is 0.264 e. The van der Waals surface area contributed by atoms with Gasteiger partial charge in [0.05, 0.1) is 11.5 Å². The Labute approximate surface area is 186 Å². The van der Waals surface area contributed by atoms with E-state index in [9.17, 15) is 13.2 Å². The molecule has 3 aromatic rings. The van der Waals surface area contributed by atoms with Crippen molar-refractivity contribution >= 4 is 27.6 Å². The molecule has 0 spiro atoms. The quantitative estimate of drug-likeness (QED) is 0.475. The molecule has 0 radical (unpaired) electrons. The van der Waals surface area contributed by atoms with E-state index in [1.807, 2.05) is 0 Å². The lowest BCUT2D eigenvalue weighted by atomic mass is 10.2. The average molecular weight is 457 g/mol. The summed E-state index contributed by atoms with van der Waals surface area (Å²) in [6.45, 7) is 4.40. The van der Waals surface area contributed by atoms with Gasteiger partial charge in [-0.05, 0) is 68.4 Å². The summed E-state index contributed by atoms with van der Waals surface area (Å²) in [5.74, 6) is 0.314. The smallest absolute Gasteiger partial charge is 0.264 e. The number of aryl methyl sites for hydroxylation is 2. The maximum absolute atomic E-state index is 12.6. The Kier molecular flexibility index (Phi) is 7.39. The number of sulfonamides is 1. The summed E-state index contributed by atoms with van der Waals surface area (Å²) in [5.41, 5.74) is 2.21. The molecular formula is C22H24N4O5S. The van der Waals surface area contributed by atoms with E-state index in [1.165, 1.54) is 24.3 Å². The summed E-state index contributed by atoms with van der Waals surface area (Å²) in [6.07, 6.45) is 0. The van der Waals surface area contributed by atoms with Crippen LogP contribution >= 0.6 is 0 Å². The van der Waals surface area contributed by atoms with Crippen molar-refractivity contribution in [1.29, 1.82) is 0 Å². The molecular weight excluding hydrogens is 432 g/mol. The van der Waals surface area contributed by atoms with Crippen molar-refractivity contribution in [2.45, 2.75) is 18.7 Å². The molecule has 0 aliphatic heterocycles. The zero-order valence-electron chi connectivity index (χ0n) is 18.0. The van der Waals surface area contributed by atoms with Crippen LogP contribution in [-0.4, -0.2) is 44.6 Å². The molecule has 1 aromatic heterocycles. The zero-order valence-corrected chi connectivity index (χ0v) is 18.8. The summed E-state index contributed by atoms with van der Waals surface area (Å²) in [4.78, 5) is 20.7. The third-order valence-corrected chi connectivity index (χ3v) is 5.65. The largest absolute Gasteiger partial charge is 0.491 e. The Bertz CT molecular complexity index is 1160. The normalized spacial score (nSPS) is 11.1. The van der Waals surface area contributed by atoms with Crippen molar-refractivity contribution in [2.24, 2.45) is 0 Å². The fourth-order valence-electron chi connectivity index (χ4n) is 2.82. The van der Waals surface area contributed by atoms with Gasteiger partial charge in [0.1, 0.15) is 12.4 Å². The SMILES string of the molecule is COCCOc1ccc(C(=O)Nc2ccc(S(=O)(=O)Nc3nc(C)cc(C)n3)cc2)cc1. The van der Waals surface area contributed by atoms with Gasteiger partial charge in [-0.1, -0.05) is 0 Å². The van der Waals surface area contributed by atoms with Crippen molar-refractivity contribution < 1.29 is 22.7 Å². The first-order chi connectivity index (χ1) is 15.3. The monoisotopic (exact) mass is 456 g/mol. The first kappa shape index (κ1) is 23.2. The number of amides is 1. The van der Waals surface area contributed by atoms with Crippen LogP contribution in [0.3, 0.4) is 0 Å². The predicted molar refractivity (Wildman–Crippen MR) is 121 cm³/mol. The molecule has 1 heterocycles. The van der Waals surface area contributed by atoms with Crippen molar-refractivity contribution in [2.75, 3.05) is 30.4 Å². The van der Waals surface area contributed by atoms with E-state index in [-0.39, 0.29) is 16.8 Å². The summed E-state index contributed by atoms with van der Waals surface area (Å²) in [6, 6.07) is 14.2. The van der Waals surface area contributed by atoms with Crippen LogP contribution in [0.4, 0.5) is 11.6 Å². The van der Waals surface area contributed by atoms with Gasteiger partial charge < -0.3 is 14.8 Å². The average Bonchev–Trinajstić information content (AvgIpc) is 2.74. The zero-order chi connectivity index (χ0) is 23.1. The Hall–Kier alpha value is -3.50. The molecule has 3 rings (SSSR count). The highest BCUT2D eigenvalue weighted by atomic mass is 32.2. The predicted octanol–water partition coefficient (Wildman–Crippen LogP) is 3.17. The van der Waals surface area contributed by atoms with E-state index in [0.29, 0.717) is 41.6 Å². The lowest BCUT2D eigenvalue weighted by Gasteiger charge is -2.10. The van der Waals surface area contributed by atoms with Crippen LogP contribution in [0.1, 0.15) is 21.7 Å². The topological polar surface area (TPSA) is 120 Å². The summed E-state index contributed by atoms with van der Waals surface area (Å²) in [7, 11) is -2.28. The number of hydrogen-bond acceptors (Lipinski definition) is 7. The molecule has 9 nitrogen and oxygen atoms in total. The fourth-order valence-corrected chi connectivity index (χ4v) is 3.76. The summed E-state index contributed by atoms with van der Waals surface area (Å²) >= 11 is 0. The Morgan fingerprint density at radius 1 is 0.938 bits per heavy atom. The van der Waals surface area contributed by atoms with E-state index in [4.69, 9.17) is 9.47 Å². The molecule has 2 aromatic carbocycles. The van der Waals surface area contributed by atoms with Gasteiger partial charge >= 0.3 is 0 Å². The molecule has 32 heavy (non-hydrogen) atoms. The van der Waals surface area contributed by atoms with Crippen LogP contribution < -0.4 is 14.8 Å². The first-order valence-electron chi connectivity index (χ1n) is 9.75. The highest BCUT2D eigenvalue weighted by molar-refractivity contribution is 7.92. The van der Waals surface area contributed by atoms with Crippen LogP contribution in [0.2, 0.25) is 0 Å². The van der Waals surface area contributed by atoms with E-state index in [2.05, 4.69) is 20.0 Å². The van der Waals surface area contributed by atoms with Gasteiger partial charge in [0.25, 0.3) is 15.9 Å². The number of methoxy groups -OCH3 is 1. The number of ether oxygens (including phenoxy) is 2. The van der Waals surface area contributed by atoms with Gasteiger partial charge in [-0.15, -0.1) is 0 Å². The van der Waals surface area contributed by atoms with Crippen molar-refractivity contribution in [1.82, 2.24) is 9.97 Å². The number of rotatable bonds is 9. The second-order valence-electron chi connectivity index (χ2n) is 6.92. The molecule has 0 fully saturated rings. The van der Waals surface area contributed by atoms with E-state index in [0.717, 1.165) is 0 Å². The van der Waals surface area contributed by atoms with E-state index in [1.54, 1.807) is 51.3 Å². The van der Waals surface area contributed by atoms with E-state index >= 15 is 0 Å². The third kappa shape index (κ3) is 6.25. The minimum absolute atomic E-state index is 0.00882. The summed E-state index contributed by atoms with van der Waals surface area (Å²) < 4.78 is 38.0. The molecule has 0 saturated heterocycles. The van der Waals surface area contributed by atoms with Crippen LogP contribution in [0.25, 0.3) is 0 Å². The fraction of sp³-hybridized carbons (Fsp3) is 0.227. The third-order valence-electron chi connectivity index (χ3n) is 4.30.